The van der Waals surface area contributed by atoms with Gasteiger partial charge in [0, 0.05) is 16.3 Å². The van der Waals surface area contributed by atoms with Gasteiger partial charge in [0.2, 0.25) is 0 Å². The minimum absolute atomic E-state index is 0.176. The lowest BCUT2D eigenvalue weighted by Gasteiger charge is -2.11. The van der Waals surface area contributed by atoms with Gasteiger partial charge in [-0.3, -0.25) is 14.4 Å². The number of benzene rings is 3. The topological polar surface area (TPSA) is 109 Å². The van der Waals surface area contributed by atoms with Crippen LogP contribution in [0, 0.1) is 0 Å². The molecule has 0 saturated heterocycles. The molecule has 0 aliphatic carbocycles. The van der Waals surface area contributed by atoms with E-state index in [0.717, 1.165) is 0 Å². The molecule has 3 aromatic rings. The van der Waals surface area contributed by atoms with E-state index in [4.69, 9.17) is 16.3 Å². The summed E-state index contributed by atoms with van der Waals surface area (Å²) in [5, 5.41) is 9.50. The Morgan fingerprint density at radius 3 is 2.36 bits per heavy atom. The van der Waals surface area contributed by atoms with Crippen LogP contribution in [-0.2, 0) is 9.59 Å². The summed E-state index contributed by atoms with van der Waals surface area (Å²) in [6.07, 6.45) is 1.38. The van der Waals surface area contributed by atoms with Gasteiger partial charge in [-0.15, -0.1) is 0 Å². The zero-order valence-corrected chi connectivity index (χ0v) is 18.4. The number of halogens is 1. The molecule has 3 rings (SSSR count). The monoisotopic (exact) mass is 464 g/mol. The van der Waals surface area contributed by atoms with Gasteiger partial charge in [-0.25, -0.2) is 5.43 Å². The summed E-state index contributed by atoms with van der Waals surface area (Å²) in [5.41, 5.74) is 3.70. The van der Waals surface area contributed by atoms with Crippen molar-refractivity contribution in [2.24, 2.45) is 5.10 Å². The van der Waals surface area contributed by atoms with Crippen molar-refractivity contribution in [2.75, 3.05) is 17.2 Å². The zero-order valence-electron chi connectivity index (χ0n) is 17.7. The Balaban J connectivity index is 1.64. The maximum absolute atomic E-state index is 12.7. The standard InChI is InChI=1S/C24H21ClN4O4/c1-2-33-21-10-6-3-7-16(21)15-26-29-24(32)23(31)28-20-9-5-4-8-19(20)22(30)27-18-13-11-17(25)12-14-18/h3-15H,2H2,1H3,(H,27,30)(H,28,31)(H,29,32)/b26-15+. The molecular weight excluding hydrogens is 444 g/mol. The third-order valence-corrected chi connectivity index (χ3v) is 4.57. The molecule has 0 heterocycles. The van der Waals surface area contributed by atoms with Crippen LogP contribution in [0.2, 0.25) is 5.02 Å². The van der Waals surface area contributed by atoms with E-state index in [-0.39, 0.29) is 11.3 Å². The number of carbonyl (C=O) groups is 3. The van der Waals surface area contributed by atoms with Gasteiger partial charge in [-0.05, 0) is 55.5 Å². The van der Waals surface area contributed by atoms with E-state index in [0.29, 0.717) is 28.6 Å². The third kappa shape index (κ3) is 6.65. The molecule has 33 heavy (non-hydrogen) atoms. The van der Waals surface area contributed by atoms with Crippen molar-refractivity contribution in [3.8, 4) is 5.75 Å². The number of nitrogens with zero attached hydrogens (tertiary/aromatic N) is 1. The largest absolute Gasteiger partial charge is 0.493 e. The second-order valence-corrected chi connectivity index (χ2v) is 7.07. The number of hydrazone groups is 1. The van der Waals surface area contributed by atoms with Crippen molar-refractivity contribution in [2.45, 2.75) is 6.92 Å². The lowest BCUT2D eigenvalue weighted by atomic mass is 10.1. The predicted molar refractivity (Wildman–Crippen MR) is 128 cm³/mol. The number of ether oxygens (including phenoxy) is 1. The summed E-state index contributed by atoms with van der Waals surface area (Å²) in [5.74, 6) is -1.83. The smallest absolute Gasteiger partial charge is 0.329 e. The molecule has 0 spiro atoms. The van der Waals surface area contributed by atoms with E-state index < -0.39 is 17.7 Å². The van der Waals surface area contributed by atoms with Crippen LogP contribution in [0.5, 0.6) is 5.75 Å². The fourth-order valence-corrected chi connectivity index (χ4v) is 2.91. The summed E-state index contributed by atoms with van der Waals surface area (Å²) in [7, 11) is 0. The number of anilines is 2. The molecule has 0 saturated carbocycles. The molecule has 0 atom stereocenters. The normalized spacial score (nSPS) is 10.5. The van der Waals surface area contributed by atoms with Crippen molar-refractivity contribution in [1.29, 1.82) is 0 Å². The zero-order chi connectivity index (χ0) is 23.6. The maximum Gasteiger partial charge on any atom is 0.329 e. The van der Waals surface area contributed by atoms with Gasteiger partial charge >= 0.3 is 11.8 Å². The number of carbonyl (C=O) groups excluding carboxylic acids is 3. The fraction of sp³-hybridized carbons (Fsp3) is 0.0833. The highest BCUT2D eigenvalue weighted by molar-refractivity contribution is 6.40. The van der Waals surface area contributed by atoms with Gasteiger partial charge in [0.25, 0.3) is 5.91 Å². The molecule has 0 aliphatic heterocycles. The third-order valence-electron chi connectivity index (χ3n) is 4.32. The Hall–Kier alpha value is -4.17. The molecule has 8 nitrogen and oxygen atoms in total. The molecule has 0 radical (unpaired) electrons. The van der Waals surface area contributed by atoms with Gasteiger partial charge < -0.3 is 15.4 Å². The van der Waals surface area contributed by atoms with Gasteiger partial charge in [-0.2, -0.15) is 5.10 Å². The first-order chi connectivity index (χ1) is 16.0. The molecule has 0 unspecified atom stereocenters. The van der Waals surface area contributed by atoms with Crippen LogP contribution in [0.4, 0.5) is 11.4 Å². The van der Waals surface area contributed by atoms with Crippen LogP contribution in [0.25, 0.3) is 0 Å². The van der Waals surface area contributed by atoms with Gasteiger partial charge in [0.1, 0.15) is 5.75 Å². The lowest BCUT2D eigenvalue weighted by molar-refractivity contribution is -0.136. The van der Waals surface area contributed by atoms with Crippen molar-refractivity contribution in [3.05, 3.63) is 88.9 Å². The second kappa shape index (κ2) is 11.4. The molecule has 0 aromatic heterocycles. The van der Waals surface area contributed by atoms with Gasteiger partial charge in [-0.1, -0.05) is 35.9 Å². The molecule has 9 heteroatoms. The highest BCUT2D eigenvalue weighted by Gasteiger charge is 2.18. The van der Waals surface area contributed by atoms with E-state index >= 15 is 0 Å². The molecule has 168 valence electrons. The average Bonchev–Trinajstić information content (AvgIpc) is 2.82. The predicted octanol–water partition coefficient (Wildman–Crippen LogP) is 4.08. The van der Waals surface area contributed by atoms with E-state index in [2.05, 4.69) is 21.2 Å². The van der Waals surface area contributed by atoms with Gasteiger partial charge in [0.15, 0.2) is 0 Å². The van der Waals surface area contributed by atoms with Gasteiger partial charge in [0.05, 0.1) is 24.1 Å². The Morgan fingerprint density at radius 2 is 1.61 bits per heavy atom. The van der Waals surface area contributed by atoms with Crippen LogP contribution in [0.15, 0.2) is 77.9 Å². The Labute approximate surface area is 195 Å². The minimum atomic E-state index is -0.993. The first-order valence-corrected chi connectivity index (χ1v) is 10.4. The summed E-state index contributed by atoms with van der Waals surface area (Å²) in [6, 6.07) is 20.0. The van der Waals surface area contributed by atoms with E-state index in [1.807, 2.05) is 13.0 Å². The average molecular weight is 465 g/mol. The molecular formula is C24H21ClN4O4. The fourth-order valence-electron chi connectivity index (χ4n) is 2.79. The van der Waals surface area contributed by atoms with Crippen molar-refractivity contribution in [3.63, 3.8) is 0 Å². The Bertz CT molecular complexity index is 1180. The SMILES string of the molecule is CCOc1ccccc1/C=N/NC(=O)C(=O)Nc1ccccc1C(=O)Nc1ccc(Cl)cc1. The molecule has 0 aliphatic rings. The molecule has 0 bridgehead atoms. The van der Waals surface area contributed by atoms with Crippen LogP contribution < -0.4 is 20.8 Å². The second-order valence-electron chi connectivity index (χ2n) is 6.63. The molecule has 3 N–H and O–H groups in total. The molecule has 0 fully saturated rings. The van der Waals surface area contributed by atoms with Crippen LogP contribution in [-0.4, -0.2) is 30.5 Å². The number of hydrogen-bond acceptors (Lipinski definition) is 5. The number of para-hydroxylation sites is 2. The Morgan fingerprint density at radius 1 is 0.909 bits per heavy atom. The highest BCUT2D eigenvalue weighted by Crippen LogP contribution is 2.19. The van der Waals surface area contributed by atoms with Crippen molar-refractivity contribution >= 4 is 46.9 Å². The number of hydrogen-bond donors (Lipinski definition) is 3. The Kier molecular flexibility index (Phi) is 8.15. The van der Waals surface area contributed by atoms with Crippen LogP contribution in [0.1, 0.15) is 22.8 Å². The van der Waals surface area contributed by atoms with Crippen LogP contribution >= 0.6 is 11.6 Å². The maximum atomic E-state index is 12.7. The molecule has 3 amide bonds. The summed E-state index contributed by atoms with van der Waals surface area (Å²) < 4.78 is 5.48. The number of amides is 3. The minimum Gasteiger partial charge on any atom is -0.493 e. The summed E-state index contributed by atoms with van der Waals surface area (Å²) >= 11 is 5.86. The van der Waals surface area contributed by atoms with Crippen molar-refractivity contribution < 1.29 is 19.1 Å². The highest BCUT2D eigenvalue weighted by atomic mass is 35.5. The van der Waals surface area contributed by atoms with Crippen molar-refractivity contribution in [1.82, 2.24) is 5.43 Å². The lowest BCUT2D eigenvalue weighted by Crippen LogP contribution is -2.33. The molecule has 3 aromatic carbocycles. The summed E-state index contributed by atoms with van der Waals surface area (Å²) in [4.78, 5) is 37.2. The van der Waals surface area contributed by atoms with E-state index in [1.54, 1.807) is 54.6 Å². The first-order valence-electron chi connectivity index (χ1n) is 10.00. The first kappa shape index (κ1) is 23.5. The quantitative estimate of drug-likeness (QED) is 0.278. The number of rotatable bonds is 7. The number of nitrogens with one attached hydrogen (secondary N) is 3. The summed E-state index contributed by atoms with van der Waals surface area (Å²) in [6.45, 7) is 2.33. The van der Waals surface area contributed by atoms with Crippen LogP contribution in [0.3, 0.4) is 0 Å². The van der Waals surface area contributed by atoms with E-state index in [1.165, 1.54) is 18.3 Å². The van der Waals surface area contributed by atoms with E-state index in [9.17, 15) is 14.4 Å².